The number of carbonyl (C=O) groups is 1. The second-order valence-electron chi connectivity index (χ2n) is 4.59. The van der Waals surface area contributed by atoms with Gasteiger partial charge in [-0.25, -0.2) is 0 Å². The molecule has 0 aromatic carbocycles. The van der Waals surface area contributed by atoms with Gasteiger partial charge in [0.2, 0.25) is 5.91 Å². The van der Waals surface area contributed by atoms with Crippen LogP contribution in [0.15, 0.2) is 0 Å². The fraction of sp³-hybridized carbons (Fsp3) is 0.909. The maximum atomic E-state index is 12.0. The molecule has 0 aromatic heterocycles. The van der Waals surface area contributed by atoms with Crippen LogP contribution in [0.2, 0.25) is 0 Å². The summed E-state index contributed by atoms with van der Waals surface area (Å²) in [7, 11) is 0. The van der Waals surface area contributed by atoms with Crippen molar-refractivity contribution in [1.29, 1.82) is 0 Å². The second-order valence-corrected chi connectivity index (χ2v) is 4.59. The van der Waals surface area contributed by atoms with Crippen LogP contribution in [0.1, 0.15) is 19.8 Å². The molecule has 1 N–H and O–H groups in total. The van der Waals surface area contributed by atoms with Crippen molar-refractivity contribution in [1.82, 2.24) is 10.2 Å². The smallest absolute Gasteiger partial charge is 0.242 e. The minimum absolute atomic E-state index is 0.104. The maximum absolute atomic E-state index is 12.0. The molecule has 0 aromatic rings. The molecule has 86 valence electrons. The number of hydrogen-bond donors (Lipinski definition) is 1. The number of piperidine rings is 1. The Kier molecular flexibility index (Phi) is 3.59. The van der Waals surface area contributed by atoms with Gasteiger partial charge >= 0.3 is 0 Å². The third-order valence-electron chi connectivity index (χ3n) is 3.32. The number of rotatable bonds is 1. The average Bonchev–Trinajstić information content (AvgIpc) is 2.30. The van der Waals surface area contributed by atoms with Crippen LogP contribution in [0.5, 0.6) is 0 Å². The molecule has 0 radical (unpaired) electrons. The van der Waals surface area contributed by atoms with Crippen LogP contribution >= 0.6 is 0 Å². The molecule has 1 atom stereocenters. The lowest BCUT2D eigenvalue weighted by atomic mass is 9.98. The minimum Gasteiger partial charge on any atom is -0.378 e. The van der Waals surface area contributed by atoms with Crippen LogP contribution in [-0.4, -0.2) is 49.7 Å². The number of nitrogens with zero attached hydrogens (tertiary/aromatic N) is 1. The molecule has 0 aliphatic carbocycles. The lowest BCUT2D eigenvalue weighted by molar-refractivity contribution is -0.137. The van der Waals surface area contributed by atoms with Crippen LogP contribution in [0.3, 0.4) is 0 Å². The van der Waals surface area contributed by atoms with Crippen LogP contribution in [0.25, 0.3) is 0 Å². The molecule has 15 heavy (non-hydrogen) atoms. The third-order valence-corrected chi connectivity index (χ3v) is 3.32. The highest BCUT2D eigenvalue weighted by Crippen LogP contribution is 2.16. The topological polar surface area (TPSA) is 41.6 Å². The van der Waals surface area contributed by atoms with E-state index in [-0.39, 0.29) is 11.9 Å². The highest BCUT2D eigenvalue weighted by atomic mass is 16.5. The van der Waals surface area contributed by atoms with Crippen molar-refractivity contribution in [3.63, 3.8) is 0 Å². The quantitative estimate of drug-likeness (QED) is 0.676. The first-order chi connectivity index (χ1) is 7.27. The Labute approximate surface area is 91.0 Å². The van der Waals surface area contributed by atoms with Gasteiger partial charge < -0.3 is 15.0 Å². The van der Waals surface area contributed by atoms with Gasteiger partial charge in [0.25, 0.3) is 0 Å². The number of nitrogens with one attached hydrogen (secondary N) is 1. The Morgan fingerprint density at radius 2 is 2.13 bits per heavy atom. The van der Waals surface area contributed by atoms with E-state index < -0.39 is 0 Å². The molecule has 2 saturated heterocycles. The Balaban J connectivity index is 1.84. The lowest BCUT2D eigenvalue weighted by Crippen LogP contribution is -2.53. The van der Waals surface area contributed by atoms with Gasteiger partial charge in [0.05, 0.1) is 13.2 Å². The van der Waals surface area contributed by atoms with Crippen LogP contribution in [-0.2, 0) is 9.53 Å². The van der Waals surface area contributed by atoms with Crippen molar-refractivity contribution in [3.8, 4) is 0 Å². The van der Waals surface area contributed by atoms with E-state index in [9.17, 15) is 4.79 Å². The van der Waals surface area contributed by atoms with E-state index in [2.05, 4.69) is 12.2 Å². The molecule has 2 aliphatic heterocycles. The first kappa shape index (κ1) is 10.9. The second kappa shape index (κ2) is 4.94. The number of morpholine rings is 1. The summed E-state index contributed by atoms with van der Waals surface area (Å²) in [5.74, 6) is 0.992. The van der Waals surface area contributed by atoms with Crippen LogP contribution in [0, 0.1) is 5.92 Å². The van der Waals surface area contributed by atoms with Gasteiger partial charge in [-0.1, -0.05) is 6.92 Å². The highest BCUT2D eigenvalue weighted by molar-refractivity contribution is 5.82. The molecule has 0 saturated carbocycles. The molecule has 2 aliphatic rings. The highest BCUT2D eigenvalue weighted by Gasteiger charge is 2.28. The third kappa shape index (κ3) is 2.69. The predicted molar refractivity (Wildman–Crippen MR) is 57.6 cm³/mol. The van der Waals surface area contributed by atoms with Gasteiger partial charge in [-0.15, -0.1) is 0 Å². The number of ether oxygens (including phenoxy) is 1. The van der Waals surface area contributed by atoms with Crippen molar-refractivity contribution >= 4 is 5.91 Å². The number of hydrogen-bond acceptors (Lipinski definition) is 3. The molecular weight excluding hydrogens is 192 g/mol. The monoisotopic (exact) mass is 212 g/mol. The van der Waals surface area contributed by atoms with Crippen LogP contribution in [0.4, 0.5) is 0 Å². The zero-order valence-electron chi connectivity index (χ0n) is 9.37. The normalized spacial score (nSPS) is 29.1. The lowest BCUT2D eigenvalue weighted by Gasteiger charge is -2.34. The van der Waals surface area contributed by atoms with Crippen LogP contribution < -0.4 is 5.32 Å². The largest absolute Gasteiger partial charge is 0.378 e. The SMILES string of the molecule is CC1CCN(C(=O)C2COCCN2)CC1. The molecule has 4 nitrogen and oxygen atoms in total. The van der Waals surface area contributed by atoms with Gasteiger partial charge in [0.1, 0.15) is 6.04 Å². The Morgan fingerprint density at radius 1 is 1.40 bits per heavy atom. The molecule has 1 amide bonds. The summed E-state index contributed by atoms with van der Waals surface area (Å²) in [6.45, 7) is 6.13. The summed E-state index contributed by atoms with van der Waals surface area (Å²) in [6.07, 6.45) is 2.28. The van der Waals surface area contributed by atoms with Gasteiger partial charge in [0.15, 0.2) is 0 Å². The summed E-state index contributed by atoms with van der Waals surface area (Å²) in [5, 5.41) is 3.21. The van der Waals surface area contributed by atoms with E-state index in [0.29, 0.717) is 6.61 Å². The van der Waals surface area contributed by atoms with Crippen molar-refractivity contribution in [2.75, 3.05) is 32.8 Å². The molecule has 0 bridgehead atoms. The van der Waals surface area contributed by atoms with Gasteiger partial charge in [-0.3, -0.25) is 4.79 Å². The van der Waals surface area contributed by atoms with E-state index in [4.69, 9.17) is 4.74 Å². The molecule has 4 heteroatoms. The summed E-state index contributed by atoms with van der Waals surface area (Å²) >= 11 is 0. The summed E-state index contributed by atoms with van der Waals surface area (Å²) in [6, 6.07) is -0.104. The number of likely N-dealkylation sites (tertiary alicyclic amines) is 1. The zero-order valence-corrected chi connectivity index (χ0v) is 9.37. The summed E-state index contributed by atoms with van der Waals surface area (Å²) < 4.78 is 5.31. The zero-order chi connectivity index (χ0) is 10.7. The van der Waals surface area contributed by atoms with Gasteiger partial charge in [-0.2, -0.15) is 0 Å². The Morgan fingerprint density at radius 3 is 2.73 bits per heavy atom. The first-order valence-electron chi connectivity index (χ1n) is 5.87. The molecule has 2 fully saturated rings. The summed E-state index contributed by atoms with van der Waals surface area (Å²) in [4.78, 5) is 14.0. The van der Waals surface area contributed by atoms with E-state index in [1.807, 2.05) is 4.90 Å². The van der Waals surface area contributed by atoms with Crippen molar-refractivity contribution in [2.24, 2.45) is 5.92 Å². The summed E-state index contributed by atoms with van der Waals surface area (Å²) in [5.41, 5.74) is 0. The van der Waals surface area contributed by atoms with E-state index in [1.165, 1.54) is 0 Å². The van der Waals surface area contributed by atoms with Gasteiger partial charge in [0, 0.05) is 19.6 Å². The molecule has 2 heterocycles. The minimum atomic E-state index is -0.104. The fourth-order valence-corrected chi connectivity index (χ4v) is 2.17. The molecule has 1 unspecified atom stereocenters. The molecule has 0 spiro atoms. The molecular formula is C11H20N2O2. The number of carbonyl (C=O) groups excluding carboxylic acids is 1. The fourth-order valence-electron chi connectivity index (χ4n) is 2.17. The van der Waals surface area contributed by atoms with E-state index in [1.54, 1.807) is 0 Å². The number of amides is 1. The van der Waals surface area contributed by atoms with Gasteiger partial charge in [-0.05, 0) is 18.8 Å². The van der Waals surface area contributed by atoms with E-state index in [0.717, 1.165) is 45.0 Å². The Hall–Kier alpha value is -0.610. The van der Waals surface area contributed by atoms with Crippen molar-refractivity contribution in [3.05, 3.63) is 0 Å². The predicted octanol–water partition coefficient (Wildman–Crippen LogP) is 0.233. The average molecular weight is 212 g/mol. The molecule has 2 rings (SSSR count). The maximum Gasteiger partial charge on any atom is 0.242 e. The standard InChI is InChI=1S/C11H20N2O2/c1-9-2-5-13(6-3-9)11(14)10-8-15-7-4-12-10/h9-10,12H,2-8H2,1H3. The van der Waals surface area contributed by atoms with Crippen molar-refractivity contribution < 1.29 is 9.53 Å². The Bertz CT molecular complexity index is 219. The van der Waals surface area contributed by atoms with E-state index >= 15 is 0 Å². The van der Waals surface area contributed by atoms with Crippen molar-refractivity contribution in [2.45, 2.75) is 25.8 Å². The first-order valence-corrected chi connectivity index (χ1v) is 5.87.